The fraction of sp³-hybridized carbons (Fsp3) is 0. The summed E-state index contributed by atoms with van der Waals surface area (Å²) in [5.74, 6) is 14.1. The molecule has 0 unspecified atom stereocenters. The van der Waals surface area contributed by atoms with Gasteiger partial charge in [-0.15, -0.1) is 0 Å². The highest BCUT2D eigenvalue weighted by Gasteiger charge is 2.46. The van der Waals surface area contributed by atoms with Crippen LogP contribution in [0.3, 0.4) is 0 Å². The number of aromatic nitrogens is 4. The Bertz CT molecular complexity index is 9070. The summed E-state index contributed by atoms with van der Waals surface area (Å²) < 4.78 is 60.9. The first-order valence-electron chi connectivity index (χ1n) is 48.9. The van der Waals surface area contributed by atoms with E-state index in [4.69, 9.17) is 37.9 Å². The SMILES string of the molecule is c1ccc(-c2cc3ccccc3n2-c2cc3c4c(c2)Oc2ccccc2B4c2ccccc2O3)cc1.c1ccc(-c2cc3ccccc3n2-c2ccc(-c3cc4c5c(c3)Oc3ccccc3B5c3ccccc3O4)cc2)cc1.c1ccc2c(c1)Oc1cc(-c3ccc(-n4ccc5ccccc54)cc3)cc3c1B2c1ccccc1O3.c1ccc2c(c1)Oc1cc(-n3ccc4ccccc43)cc3c1B2c1ccccc1O3. The number of para-hydroxylation sites is 12. The van der Waals surface area contributed by atoms with Gasteiger partial charge >= 0.3 is 0 Å². The summed E-state index contributed by atoms with van der Waals surface area (Å²) in [6.45, 7) is 0.373. The van der Waals surface area contributed by atoms with E-state index in [1.165, 1.54) is 87.5 Å². The maximum absolute atomic E-state index is 6.54. The van der Waals surface area contributed by atoms with Crippen molar-refractivity contribution in [3.8, 4) is 160 Å². The molecule has 0 amide bonds. The van der Waals surface area contributed by atoms with Crippen molar-refractivity contribution < 1.29 is 37.9 Å². The van der Waals surface area contributed by atoms with E-state index in [2.05, 4.69) is 443 Å². The zero-order valence-corrected chi connectivity index (χ0v) is 77.6. The van der Waals surface area contributed by atoms with Crippen LogP contribution in [0.5, 0.6) is 92.0 Å². The smallest absolute Gasteiger partial charge is 0.260 e. The molecule has 12 nitrogen and oxygen atoms in total. The number of nitrogens with zero attached hydrogens (tertiary/aromatic N) is 4. The second kappa shape index (κ2) is 33.5. The van der Waals surface area contributed by atoms with Crippen molar-refractivity contribution in [3.05, 3.63) is 486 Å². The lowest BCUT2D eigenvalue weighted by molar-refractivity contribution is 0.463. The fourth-order valence-corrected chi connectivity index (χ4v) is 22.9. The topological polar surface area (TPSA) is 93.6 Å². The molecule has 0 aliphatic carbocycles. The fourth-order valence-electron chi connectivity index (χ4n) is 22.9. The number of rotatable bonds is 8. The molecule has 0 atom stereocenters. The quantitative estimate of drug-likeness (QED) is 0.139. The molecule has 0 saturated heterocycles. The number of hydrogen-bond donors (Lipinski definition) is 0. The van der Waals surface area contributed by atoms with Crippen LogP contribution >= 0.6 is 0 Å². The molecular formula is C128H80B4N4O8. The number of hydrogen-bond acceptors (Lipinski definition) is 8. The molecular weight excluding hydrogens is 1760 g/mol. The second-order valence-electron chi connectivity index (χ2n) is 37.5. The Morgan fingerprint density at radius 2 is 0.382 bits per heavy atom. The average Bonchev–Trinajstić information content (AvgIpc) is 1.01. The maximum atomic E-state index is 6.54. The Balaban J connectivity index is 0.0000000919. The van der Waals surface area contributed by atoms with E-state index in [9.17, 15) is 0 Å². The molecule has 12 heterocycles. The van der Waals surface area contributed by atoms with E-state index >= 15 is 0 Å². The summed E-state index contributed by atoms with van der Waals surface area (Å²) in [6, 6.07) is 165. The molecule has 0 saturated carbocycles. The highest BCUT2D eigenvalue weighted by Crippen LogP contribution is 2.46. The minimum atomic E-state index is 0.0777. The van der Waals surface area contributed by atoms with Crippen molar-refractivity contribution in [2.75, 3.05) is 0 Å². The predicted octanol–water partition coefficient (Wildman–Crippen LogP) is 24.1. The van der Waals surface area contributed by atoms with Crippen LogP contribution in [0.15, 0.2) is 486 Å². The Kier molecular flexibility index (Phi) is 19.2. The molecule has 0 fully saturated rings. The molecule has 0 spiro atoms. The Morgan fingerprint density at radius 1 is 0.146 bits per heavy atom. The van der Waals surface area contributed by atoms with Gasteiger partial charge in [-0.05, 0) is 233 Å². The van der Waals surface area contributed by atoms with Gasteiger partial charge in [-0.3, -0.25) is 0 Å². The van der Waals surface area contributed by atoms with Gasteiger partial charge in [-0.1, -0.05) is 303 Å². The van der Waals surface area contributed by atoms with Crippen LogP contribution in [0, 0.1) is 0 Å². The van der Waals surface area contributed by atoms with E-state index in [1.807, 2.05) is 60.7 Å². The third-order valence-corrected chi connectivity index (χ3v) is 29.4. The summed E-state index contributed by atoms with van der Waals surface area (Å²) in [7, 11) is 0. The first kappa shape index (κ1) is 82.3. The largest absolute Gasteiger partial charge is 0.458 e. The van der Waals surface area contributed by atoms with Gasteiger partial charge in [-0.2, -0.15) is 0 Å². The first-order chi connectivity index (χ1) is 71.4. The summed E-state index contributed by atoms with van der Waals surface area (Å²) in [5, 5.41) is 4.86. The zero-order chi connectivity index (χ0) is 94.6. The van der Waals surface area contributed by atoms with Crippen molar-refractivity contribution >= 4 is 136 Å². The Labute approximate surface area is 831 Å². The molecule has 4 aromatic heterocycles. The maximum Gasteiger partial charge on any atom is 0.260 e. The lowest BCUT2D eigenvalue weighted by Crippen LogP contribution is -2.57. The summed E-state index contributed by atoms with van der Waals surface area (Å²) in [5.41, 5.74) is 31.8. The van der Waals surface area contributed by atoms with Crippen LogP contribution in [0.2, 0.25) is 0 Å². The van der Waals surface area contributed by atoms with Crippen molar-refractivity contribution in [2.45, 2.75) is 0 Å². The molecule has 8 aliphatic heterocycles. The van der Waals surface area contributed by atoms with E-state index in [0.29, 0.717) is 0 Å². The minimum Gasteiger partial charge on any atom is -0.458 e. The standard InChI is InChI=1S/C38H24BNO2.2C32H20BNO2.C26H16BNO2/c1-2-10-26(11-3-1)33-22-27-12-4-7-15-32(27)40(33)29-20-18-25(19-21-29)28-23-36-38-37(24-28)42-35-17-9-6-14-31(35)39(38)30-13-5-8-16-34(30)41-36;1-4-10-27-22(7-1)17-18-34(27)24-15-13-21(14-16-24)23-19-30-32-31(20-23)36-29-12-6-3-9-26(29)33(32)25-8-2-5-11-28(25)35-30;1-2-10-21(11-3-1)27-18-22-12-4-7-15-26(22)34(27)23-19-30-32-31(20-23)36-29-17-9-6-14-25(29)33(32)24-13-5-8-16-28(24)35-30;1-4-10-21-17(7-1)13-14-28(21)18-15-24-26-25(16-18)30-23-12-6-3-9-20(23)27(26)19-8-2-5-11-22(19)29-24/h1-24H;2*1-20H;1-16H. The van der Waals surface area contributed by atoms with Crippen molar-refractivity contribution in [2.24, 2.45) is 0 Å². The number of ether oxygens (including phenoxy) is 8. The third-order valence-electron chi connectivity index (χ3n) is 29.4. The molecule has 0 N–H and O–H groups in total. The van der Waals surface area contributed by atoms with E-state index < -0.39 is 0 Å². The molecule has 0 bridgehead atoms. The van der Waals surface area contributed by atoms with Gasteiger partial charge < -0.3 is 56.2 Å². The van der Waals surface area contributed by atoms with Crippen molar-refractivity contribution in [1.82, 2.24) is 18.3 Å². The molecule has 32 rings (SSSR count). The summed E-state index contributed by atoms with van der Waals surface area (Å²) in [4.78, 5) is 0. The molecule has 672 valence electrons. The lowest BCUT2D eigenvalue weighted by Gasteiger charge is -2.33. The van der Waals surface area contributed by atoms with Gasteiger partial charge in [0.1, 0.15) is 92.0 Å². The number of benzene rings is 20. The number of fused-ring (bicyclic) bond motifs is 20. The highest BCUT2D eigenvalue weighted by molar-refractivity contribution is 7.00. The highest BCUT2D eigenvalue weighted by atomic mass is 16.5. The molecule has 0 radical (unpaired) electrons. The molecule has 20 aromatic carbocycles. The lowest BCUT2D eigenvalue weighted by atomic mass is 9.35. The Morgan fingerprint density at radius 3 is 0.694 bits per heavy atom. The summed E-state index contributed by atoms with van der Waals surface area (Å²) >= 11 is 0. The van der Waals surface area contributed by atoms with Crippen molar-refractivity contribution in [1.29, 1.82) is 0 Å². The van der Waals surface area contributed by atoms with Gasteiger partial charge in [0.25, 0.3) is 26.9 Å². The average molecular weight is 1850 g/mol. The second-order valence-corrected chi connectivity index (χ2v) is 37.5. The summed E-state index contributed by atoms with van der Waals surface area (Å²) in [6.07, 6.45) is 4.23. The van der Waals surface area contributed by atoms with Gasteiger partial charge in [0.15, 0.2) is 0 Å². The van der Waals surface area contributed by atoms with Gasteiger partial charge in [-0.25, -0.2) is 0 Å². The monoisotopic (exact) mass is 1840 g/mol. The first-order valence-corrected chi connectivity index (χ1v) is 48.9. The van der Waals surface area contributed by atoms with Crippen LogP contribution < -0.4 is 103 Å². The predicted molar refractivity (Wildman–Crippen MR) is 586 cm³/mol. The minimum absolute atomic E-state index is 0.0777. The van der Waals surface area contributed by atoms with Gasteiger partial charge in [0, 0.05) is 80.7 Å². The molecule has 16 heteroatoms. The molecule has 8 aliphatic rings. The van der Waals surface area contributed by atoms with Crippen LogP contribution in [0.25, 0.3) is 111 Å². The van der Waals surface area contributed by atoms with Crippen molar-refractivity contribution in [3.63, 3.8) is 0 Å². The molecule has 144 heavy (non-hydrogen) atoms. The van der Waals surface area contributed by atoms with E-state index in [1.54, 1.807) is 0 Å². The van der Waals surface area contributed by atoms with Gasteiger partial charge in [0.2, 0.25) is 0 Å². The molecule has 24 aromatic rings. The van der Waals surface area contributed by atoms with Crippen LogP contribution in [0.4, 0.5) is 0 Å². The zero-order valence-electron chi connectivity index (χ0n) is 77.6. The Hall–Kier alpha value is -18.8. The van der Waals surface area contributed by atoms with E-state index in [-0.39, 0.29) is 26.9 Å². The third kappa shape index (κ3) is 13.6. The van der Waals surface area contributed by atoms with Crippen LogP contribution in [-0.4, -0.2) is 45.1 Å². The van der Waals surface area contributed by atoms with E-state index in [0.717, 1.165) is 181 Å². The normalized spacial score (nSPS) is 12.8. The van der Waals surface area contributed by atoms with Crippen LogP contribution in [-0.2, 0) is 0 Å². The van der Waals surface area contributed by atoms with Crippen LogP contribution in [0.1, 0.15) is 0 Å². The van der Waals surface area contributed by atoms with Gasteiger partial charge in [0.05, 0.1) is 44.8 Å².